The first-order valence-corrected chi connectivity index (χ1v) is 6.04. The first-order chi connectivity index (χ1) is 5.34. The van der Waals surface area contributed by atoms with Crippen molar-refractivity contribution in [3.05, 3.63) is 16.4 Å². The van der Waals surface area contributed by atoms with Crippen molar-refractivity contribution in [2.24, 2.45) is 7.05 Å². The van der Waals surface area contributed by atoms with Crippen LogP contribution in [-0.4, -0.2) is 19.2 Å². The Labute approximate surface area is 80.4 Å². The first-order valence-electron chi connectivity index (χ1n) is 3.36. The van der Waals surface area contributed by atoms with Gasteiger partial charge in [-0.05, 0) is 28.9 Å². The summed E-state index contributed by atoms with van der Waals surface area (Å²) in [7, 11) is -1.27. The number of nitrogens with zero attached hydrogens (tertiary/aromatic N) is 1. The molecule has 0 aliphatic heterocycles. The molecule has 0 spiro atoms. The van der Waals surface area contributed by atoms with Crippen LogP contribution in [0, 0.1) is 6.92 Å². The van der Waals surface area contributed by atoms with Crippen molar-refractivity contribution in [2.75, 3.05) is 6.26 Å². The largest absolute Gasteiger partial charge is 0.341 e. The van der Waals surface area contributed by atoms with Gasteiger partial charge in [-0.3, -0.25) is 0 Å². The van der Waals surface area contributed by atoms with Gasteiger partial charge in [-0.2, -0.15) is 0 Å². The van der Waals surface area contributed by atoms with E-state index in [0.29, 0.717) is 4.90 Å². The summed E-state index contributed by atoms with van der Waals surface area (Å²) >= 11 is 3.26. The Morgan fingerprint density at radius 2 is 2.00 bits per heavy atom. The quantitative estimate of drug-likeness (QED) is 0.759. The Bertz CT molecular complexity index is 405. The molecule has 0 atom stereocenters. The van der Waals surface area contributed by atoms with E-state index in [2.05, 4.69) is 15.9 Å². The van der Waals surface area contributed by atoms with Crippen LogP contribution in [0.1, 0.15) is 5.69 Å². The average molecular weight is 252 g/mol. The molecule has 0 aliphatic carbocycles. The Hall–Kier alpha value is -0.290. The first kappa shape index (κ1) is 9.80. The third-order valence-corrected chi connectivity index (χ3v) is 3.80. The van der Waals surface area contributed by atoms with E-state index in [1.54, 1.807) is 17.6 Å². The number of sulfone groups is 1. The summed E-state index contributed by atoms with van der Waals surface area (Å²) in [6.45, 7) is 1.78. The molecule has 0 unspecified atom stereocenters. The molecule has 0 N–H and O–H groups in total. The van der Waals surface area contributed by atoms with Crippen molar-refractivity contribution in [1.82, 2.24) is 4.57 Å². The van der Waals surface area contributed by atoms with Crippen LogP contribution in [0.2, 0.25) is 0 Å². The number of halogens is 1. The van der Waals surface area contributed by atoms with E-state index in [1.165, 1.54) is 6.26 Å². The van der Waals surface area contributed by atoms with Gasteiger partial charge in [-0.25, -0.2) is 8.42 Å². The fraction of sp³-hybridized carbons (Fsp3) is 0.429. The molecule has 0 aromatic carbocycles. The lowest BCUT2D eigenvalue weighted by Crippen LogP contribution is -1.99. The zero-order valence-corrected chi connectivity index (χ0v) is 9.53. The molecule has 1 aromatic heterocycles. The van der Waals surface area contributed by atoms with Crippen molar-refractivity contribution >= 4 is 25.8 Å². The van der Waals surface area contributed by atoms with Gasteiger partial charge < -0.3 is 4.57 Å². The molecule has 0 aliphatic rings. The van der Waals surface area contributed by atoms with Gasteiger partial charge in [0.1, 0.15) is 0 Å². The van der Waals surface area contributed by atoms with Crippen LogP contribution >= 0.6 is 15.9 Å². The van der Waals surface area contributed by atoms with Crippen LogP contribution in [0.5, 0.6) is 0 Å². The van der Waals surface area contributed by atoms with Crippen LogP contribution in [-0.2, 0) is 16.9 Å². The summed E-state index contributed by atoms with van der Waals surface area (Å²) in [4.78, 5) is 0.386. The van der Waals surface area contributed by atoms with E-state index in [1.807, 2.05) is 7.05 Å². The highest BCUT2D eigenvalue weighted by Gasteiger charge is 2.15. The van der Waals surface area contributed by atoms with Gasteiger partial charge in [0.05, 0.1) is 9.50 Å². The Morgan fingerprint density at radius 3 is 2.17 bits per heavy atom. The standard InChI is InChI=1S/C7H10BrNO2S/c1-5-6(12(3,10)11)4-7(8)9(5)2/h4H,1-3H3. The number of rotatable bonds is 1. The molecule has 0 fully saturated rings. The summed E-state index contributed by atoms with van der Waals surface area (Å²) in [6, 6.07) is 1.62. The predicted molar refractivity (Wildman–Crippen MR) is 51.0 cm³/mol. The Balaban J connectivity index is 3.48. The van der Waals surface area contributed by atoms with Crippen LogP contribution in [0.4, 0.5) is 0 Å². The molecule has 0 saturated carbocycles. The molecular formula is C7H10BrNO2S. The van der Waals surface area contributed by atoms with Gasteiger partial charge in [0, 0.05) is 19.0 Å². The average Bonchev–Trinajstić information content (AvgIpc) is 2.15. The molecular weight excluding hydrogens is 242 g/mol. The van der Waals surface area contributed by atoms with Gasteiger partial charge in [0.15, 0.2) is 9.84 Å². The van der Waals surface area contributed by atoms with E-state index in [4.69, 9.17) is 0 Å². The molecule has 1 aromatic rings. The van der Waals surface area contributed by atoms with Crippen molar-refractivity contribution < 1.29 is 8.42 Å². The molecule has 1 heterocycles. The highest BCUT2D eigenvalue weighted by Crippen LogP contribution is 2.22. The zero-order valence-electron chi connectivity index (χ0n) is 7.13. The lowest BCUT2D eigenvalue weighted by atomic mass is 10.5. The van der Waals surface area contributed by atoms with Crippen LogP contribution in [0.25, 0.3) is 0 Å². The van der Waals surface area contributed by atoms with E-state index in [9.17, 15) is 8.42 Å². The van der Waals surface area contributed by atoms with Crippen molar-refractivity contribution in [2.45, 2.75) is 11.8 Å². The molecule has 1 rings (SSSR count). The smallest absolute Gasteiger partial charge is 0.177 e. The Morgan fingerprint density at radius 1 is 1.50 bits per heavy atom. The maximum absolute atomic E-state index is 11.2. The minimum Gasteiger partial charge on any atom is -0.341 e. The summed E-state index contributed by atoms with van der Waals surface area (Å²) in [5, 5.41) is 0. The highest BCUT2D eigenvalue weighted by molar-refractivity contribution is 9.10. The molecule has 0 bridgehead atoms. The SMILES string of the molecule is Cc1c(S(C)(=O)=O)cc(Br)n1C. The molecule has 0 saturated heterocycles. The second-order valence-corrected chi connectivity index (χ2v) is 5.54. The van der Waals surface area contributed by atoms with Crippen molar-refractivity contribution in [3.8, 4) is 0 Å². The number of hydrogen-bond donors (Lipinski definition) is 0. The molecule has 5 heteroatoms. The monoisotopic (exact) mass is 251 g/mol. The predicted octanol–water partition coefficient (Wildman–Crippen LogP) is 1.50. The third-order valence-electron chi connectivity index (χ3n) is 1.83. The van der Waals surface area contributed by atoms with Gasteiger partial charge in [-0.15, -0.1) is 0 Å². The minimum atomic E-state index is -3.09. The minimum absolute atomic E-state index is 0.386. The van der Waals surface area contributed by atoms with E-state index >= 15 is 0 Å². The lowest BCUT2D eigenvalue weighted by molar-refractivity contribution is 0.601. The highest BCUT2D eigenvalue weighted by atomic mass is 79.9. The summed E-state index contributed by atoms with van der Waals surface area (Å²) in [5.74, 6) is 0. The second-order valence-electron chi connectivity index (χ2n) is 2.75. The van der Waals surface area contributed by atoms with Crippen LogP contribution in [0.15, 0.2) is 15.6 Å². The maximum atomic E-state index is 11.2. The lowest BCUT2D eigenvalue weighted by Gasteiger charge is -1.98. The zero-order chi connectivity index (χ0) is 9.52. The summed E-state index contributed by atoms with van der Waals surface area (Å²) in [5.41, 5.74) is 0.754. The maximum Gasteiger partial charge on any atom is 0.177 e. The van der Waals surface area contributed by atoms with Crippen LogP contribution < -0.4 is 0 Å². The summed E-state index contributed by atoms with van der Waals surface area (Å²) < 4.78 is 24.9. The van der Waals surface area contributed by atoms with E-state index in [-0.39, 0.29) is 0 Å². The van der Waals surface area contributed by atoms with Crippen LogP contribution in [0.3, 0.4) is 0 Å². The second kappa shape index (κ2) is 2.88. The number of aromatic nitrogens is 1. The molecule has 3 nitrogen and oxygen atoms in total. The van der Waals surface area contributed by atoms with Gasteiger partial charge >= 0.3 is 0 Å². The van der Waals surface area contributed by atoms with E-state index < -0.39 is 9.84 Å². The Kier molecular flexibility index (Phi) is 2.35. The van der Waals surface area contributed by atoms with Gasteiger partial charge in [0.2, 0.25) is 0 Å². The molecule has 12 heavy (non-hydrogen) atoms. The molecule has 0 radical (unpaired) electrons. The number of hydrogen-bond acceptors (Lipinski definition) is 2. The third kappa shape index (κ3) is 1.56. The fourth-order valence-electron chi connectivity index (χ4n) is 1.01. The topological polar surface area (TPSA) is 39.1 Å². The molecule has 68 valence electrons. The van der Waals surface area contributed by atoms with Crippen molar-refractivity contribution in [1.29, 1.82) is 0 Å². The molecule has 0 amide bonds. The van der Waals surface area contributed by atoms with E-state index in [0.717, 1.165) is 10.3 Å². The van der Waals surface area contributed by atoms with Gasteiger partial charge in [-0.1, -0.05) is 0 Å². The summed E-state index contributed by atoms with van der Waals surface area (Å²) in [6.07, 6.45) is 1.21. The van der Waals surface area contributed by atoms with Crippen molar-refractivity contribution in [3.63, 3.8) is 0 Å². The normalized spacial score (nSPS) is 12.0. The fourth-order valence-corrected chi connectivity index (χ4v) is 2.66. The van der Waals surface area contributed by atoms with Gasteiger partial charge in [0.25, 0.3) is 0 Å².